The van der Waals surface area contributed by atoms with E-state index in [1.54, 1.807) is 5.56 Å². The van der Waals surface area contributed by atoms with E-state index in [0.717, 1.165) is 25.6 Å². The second-order valence-electron chi connectivity index (χ2n) is 5.46. The second kappa shape index (κ2) is 5.19. The van der Waals surface area contributed by atoms with Crippen molar-refractivity contribution in [2.45, 2.75) is 31.7 Å². The minimum atomic E-state index is 0.652. The van der Waals surface area contributed by atoms with E-state index in [1.165, 1.54) is 31.4 Å². The van der Waals surface area contributed by atoms with E-state index in [-0.39, 0.29) is 0 Å². The molecule has 1 heterocycles. The molecule has 0 radical (unpaired) electrons. The van der Waals surface area contributed by atoms with Crippen molar-refractivity contribution in [3.63, 3.8) is 0 Å². The van der Waals surface area contributed by atoms with Crippen LogP contribution in [0.2, 0.25) is 0 Å². The van der Waals surface area contributed by atoms with Gasteiger partial charge in [-0.15, -0.1) is 0 Å². The molecule has 1 aliphatic heterocycles. The Kier molecular flexibility index (Phi) is 3.44. The zero-order valence-electron chi connectivity index (χ0n) is 10.4. The smallest absolute Gasteiger partial charge is 0.0208 e. The molecule has 2 nitrogen and oxygen atoms in total. The fourth-order valence-corrected chi connectivity index (χ4v) is 2.76. The number of nitrogens with one attached hydrogen (secondary N) is 2. The summed E-state index contributed by atoms with van der Waals surface area (Å²) < 4.78 is 0. The zero-order valence-corrected chi connectivity index (χ0v) is 10.4. The van der Waals surface area contributed by atoms with Crippen LogP contribution in [0.5, 0.6) is 0 Å². The van der Waals surface area contributed by atoms with Crippen LogP contribution in [0, 0.1) is 5.92 Å². The maximum atomic E-state index is 3.63. The molecule has 2 N–H and O–H groups in total. The Bertz CT molecular complexity index is 371. The van der Waals surface area contributed by atoms with Crippen LogP contribution in [-0.4, -0.2) is 19.6 Å². The summed E-state index contributed by atoms with van der Waals surface area (Å²) in [7, 11) is 0. The van der Waals surface area contributed by atoms with Crippen LogP contribution in [0.15, 0.2) is 24.3 Å². The highest BCUT2D eigenvalue weighted by atomic mass is 14.9. The number of benzene rings is 1. The van der Waals surface area contributed by atoms with Crippen LogP contribution in [0.1, 0.15) is 36.3 Å². The van der Waals surface area contributed by atoms with Gasteiger partial charge in [-0.2, -0.15) is 0 Å². The Morgan fingerprint density at radius 1 is 1.24 bits per heavy atom. The van der Waals surface area contributed by atoms with Crippen molar-refractivity contribution in [2.75, 3.05) is 19.6 Å². The Labute approximate surface area is 104 Å². The molecule has 1 aliphatic carbocycles. The van der Waals surface area contributed by atoms with Crippen LogP contribution < -0.4 is 10.6 Å². The number of rotatable bonds is 5. The van der Waals surface area contributed by atoms with Gasteiger partial charge in [0.05, 0.1) is 0 Å². The highest BCUT2D eigenvalue weighted by molar-refractivity contribution is 5.32. The van der Waals surface area contributed by atoms with Crippen molar-refractivity contribution >= 4 is 0 Å². The number of hydrogen-bond acceptors (Lipinski definition) is 2. The van der Waals surface area contributed by atoms with E-state index in [1.807, 2.05) is 0 Å². The van der Waals surface area contributed by atoms with Crippen LogP contribution in [-0.2, 0) is 6.54 Å². The zero-order chi connectivity index (χ0) is 11.5. The second-order valence-corrected chi connectivity index (χ2v) is 5.46. The first kappa shape index (κ1) is 11.2. The summed E-state index contributed by atoms with van der Waals surface area (Å²) in [6, 6.07) is 8.85. The van der Waals surface area contributed by atoms with Gasteiger partial charge in [0.1, 0.15) is 0 Å². The Balaban J connectivity index is 1.52. The SMILES string of the molecule is c1ccc2c(c1)CNCC2CNCCC1CC1. The van der Waals surface area contributed by atoms with Crippen molar-refractivity contribution in [3.8, 4) is 0 Å². The topological polar surface area (TPSA) is 24.1 Å². The fraction of sp³-hybridized carbons (Fsp3) is 0.600. The van der Waals surface area contributed by atoms with E-state index in [9.17, 15) is 0 Å². The molecule has 0 spiro atoms. The van der Waals surface area contributed by atoms with E-state index < -0.39 is 0 Å². The Morgan fingerprint density at radius 2 is 2.12 bits per heavy atom. The summed E-state index contributed by atoms with van der Waals surface area (Å²) in [6.45, 7) is 4.47. The van der Waals surface area contributed by atoms with Gasteiger partial charge in [0, 0.05) is 25.6 Å². The number of fused-ring (bicyclic) bond motifs is 1. The van der Waals surface area contributed by atoms with Gasteiger partial charge < -0.3 is 10.6 Å². The highest BCUT2D eigenvalue weighted by Gasteiger charge is 2.21. The third-order valence-corrected chi connectivity index (χ3v) is 4.02. The molecule has 2 heteroatoms. The molecule has 1 saturated carbocycles. The third kappa shape index (κ3) is 2.88. The summed E-state index contributed by atoms with van der Waals surface area (Å²) in [5.41, 5.74) is 3.03. The van der Waals surface area contributed by atoms with Gasteiger partial charge in [0.15, 0.2) is 0 Å². The molecular formula is C15H22N2. The largest absolute Gasteiger partial charge is 0.316 e. The Hall–Kier alpha value is -0.860. The average molecular weight is 230 g/mol. The van der Waals surface area contributed by atoms with Gasteiger partial charge in [-0.1, -0.05) is 37.1 Å². The molecule has 17 heavy (non-hydrogen) atoms. The van der Waals surface area contributed by atoms with Crippen LogP contribution in [0.4, 0.5) is 0 Å². The van der Waals surface area contributed by atoms with Gasteiger partial charge in [-0.3, -0.25) is 0 Å². The lowest BCUT2D eigenvalue weighted by atomic mass is 9.91. The Morgan fingerprint density at radius 3 is 3.00 bits per heavy atom. The van der Waals surface area contributed by atoms with Gasteiger partial charge in [-0.25, -0.2) is 0 Å². The lowest BCUT2D eigenvalue weighted by Crippen LogP contribution is -2.34. The summed E-state index contributed by atoms with van der Waals surface area (Å²) >= 11 is 0. The van der Waals surface area contributed by atoms with Crippen molar-refractivity contribution in [2.24, 2.45) is 5.92 Å². The van der Waals surface area contributed by atoms with Crippen molar-refractivity contribution in [3.05, 3.63) is 35.4 Å². The summed E-state index contributed by atoms with van der Waals surface area (Å²) in [5, 5.41) is 7.14. The molecule has 0 bridgehead atoms. The predicted molar refractivity (Wildman–Crippen MR) is 71.1 cm³/mol. The molecular weight excluding hydrogens is 208 g/mol. The first-order chi connectivity index (χ1) is 8.43. The number of hydrogen-bond donors (Lipinski definition) is 2. The highest BCUT2D eigenvalue weighted by Crippen LogP contribution is 2.31. The lowest BCUT2D eigenvalue weighted by Gasteiger charge is -2.26. The van der Waals surface area contributed by atoms with Crippen LogP contribution in [0.25, 0.3) is 0 Å². The van der Waals surface area contributed by atoms with Gasteiger partial charge >= 0.3 is 0 Å². The fourth-order valence-electron chi connectivity index (χ4n) is 2.76. The molecule has 0 aromatic heterocycles. The maximum Gasteiger partial charge on any atom is 0.0208 e. The standard InChI is InChI=1S/C15H22N2/c1-2-4-15-13(3-1)9-17-11-14(15)10-16-8-7-12-5-6-12/h1-4,12,14,16-17H,5-11H2. The summed E-state index contributed by atoms with van der Waals surface area (Å²) in [5.74, 6) is 1.69. The molecule has 1 aromatic carbocycles. The van der Waals surface area contributed by atoms with Gasteiger partial charge in [0.2, 0.25) is 0 Å². The maximum absolute atomic E-state index is 3.63. The van der Waals surface area contributed by atoms with E-state index >= 15 is 0 Å². The van der Waals surface area contributed by atoms with Crippen molar-refractivity contribution in [1.82, 2.24) is 10.6 Å². The monoisotopic (exact) mass is 230 g/mol. The first-order valence-electron chi connectivity index (χ1n) is 6.93. The van der Waals surface area contributed by atoms with Gasteiger partial charge in [-0.05, 0) is 30.0 Å². The lowest BCUT2D eigenvalue weighted by molar-refractivity contribution is 0.494. The third-order valence-electron chi connectivity index (χ3n) is 4.02. The molecule has 0 amide bonds. The quantitative estimate of drug-likeness (QED) is 0.758. The van der Waals surface area contributed by atoms with Gasteiger partial charge in [0.25, 0.3) is 0 Å². The van der Waals surface area contributed by atoms with Crippen molar-refractivity contribution in [1.29, 1.82) is 0 Å². The molecule has 3 rings (SSSR count). The average Bonchev–Trinajstić information content (AvgIpc) is 3.19. The predicted octanol–water partition coefficient (Wildman–Crippen LogP) is 2.26. The van der Waals surface area contributed by atoms with E-state index in [2.05, 4.69) is 34.9 Å². The van der Waals surface area contributed by atoms with E-state index in [4.69, 9.17) is 0 Å². The summed E-state index contributed by atoms with van der Waals surface area (Å²) in [4.78, 5) is 0. The summed E-state index contributed by atoms with van der Waals surface area (Å²) in [6.07, 6.45) is 4.31. The van der Waals surface area contributed by atoms with Crippen molar-refractivity contribution < 1.29 is 0 Å². The molecule has 92 valence electrons. The molecule has 1 atom stereocenters. The minimum Gasteiger partial charge on any atom is -0.316 e. The van der Waals surface area contributed by atoms with Crippen LogP contribution >= 0.6 is 0 Å². The molecule has 1 unspecified atom stereocenters. The molecule has 2 aliphatic rings. The molecule has 1 fully saturated rings. The normalized spacial score (nSPS) is 23.4. The van der Waals surface area contributed by atoms with Crippen LogP contribution in [0.3, 0.4) is 0 Å². The first-order valence-corrected chi connectivity index (χ1v) is 6.93. The molecule has 1 aromatic rings. The molecule has 0 saturated heterocycles. The minimum absolute atomic E-state index is 0.652. The van der Waals surface area contributed by atoms with E-state index in [0.29, 0.717) is 5.92 Å².